The lowest BCUT2D eigenvalue weighted by Crippen LogP contribution is -2.46. The van der Waals surface area contributed by atoms with Crippen LogP contribution in [0.3, 0.4) is 0 Å². The second kappa shape index (κ2) is 19.2. The van der Waals surface area contributed by atoms with Crippen LogP contribution in [0.4, 0.5) is 10.2 Å². The minimum Gasteiger partial charge on any atom is -0.493 e. The predicted octanol–water partition coefficient (Wildman–Crippen LogP) is 8.72. The Balaban J connectivity index is 1.44. The fourth-order valence-electron chi connectivity index (χ4n) is 7.17. The van der Waals surface area contributed by atoms with Crippen LogP contribution in [-0.4, -0.2) is 85.4 Å². The highest BCUT2D eigenvalue weighted by atomic mass is 19.1. The van der Waals surface area contributed by atoms with Crippen LogP contribution in [0.1, 0.15) is 94.6 Å². The Hall–Kier alpha value is -4.03. The average molecular weight is 762 g/mol. The first-order valence-electron chi connectivity index (χ1n) is 19.8. The number of unbranched alkanes of at least 4 members (excludes halogenated alkanes) is 2. The highest BCUT2D eigenvalue weighted by Crippen LogP contribution is 2.40. The number of esters is 1. The van der Waals surface area contributed by atoms with Gasteiger partial charge in [0.2, 0.25) is 0 Å². The summed E-state index contributed by atoms with van der Waals surface area (Å²) in [6, 6.07) is 11.1. The molecule has 11 heteroatoms. The number of nitrogens with zero attached hydrogens (tertiary/aromatic N) is 3. The number of halogens is 1. The molecule has 4 aromatic rings. The number of anilines is 1. The Bertz CT molecular complexity index is 1900. The van der Waals surface area contributed by atoms with E-state index in [1.807, 2.05) is 68.6 Å². The molecule has 0 bridgehead atoms. The molecule has 2 atom stereocenters. The summed E-state index contributed by atoms with van der Waals surface area (Å²) in [5.41, 5.74) is 5.77. The molecular formula is C44H60FN3O7. The number of rotatable bonds is 19. The number of aromatic nitrogens is 2. The van der Waals surface area contributed by atoms with Gasteiger partial charge in [0.1, 0.15) is 23.0 Å². The highest BCUT2D eigenvalue weighted by Gasteiger charge is 2.36. The van der Waals surface area contributed by atoms with E-state index in [2.05, 4.69) is 25.7 Å². The van der Waals surface area contributed by atoms with Crippen LogP contribution in [0.15, 0.2) is 42.6 Å². The lowest BCUT2D eigenvalue weighted by Gasteiger charge is -2.41. The molecule has 0 amide bonds. The molecule has 1 fully saturated rings. The van der Waals surface area contributed by atoms with Crippen molar-refractivity contribution in [1.82, 2.24) is 9.38 Å². The summed E-state index contributed by atoms with van der Waals surface area (Å²) >= 11 is 0. The smallest absolute Gasteiger partial charge is 0.339 e. The molecule has 55 heavy (non-hydrogen) atoms. The molecule has 2 aromatic carbocycles. The Kier molecular flexibility index (Phi) is 14.7. The van der Waals surface area contributed by atoms with Crippen LogP contribution in [0, 0.1) is 26.6 Å². The summed E-state index contributed by atoms with van der Waals surface area (Å²) in [6.07, 6.45) is 5.92. The summed E-state index contributed by atoms with van der Waals surface area (Å²) in [5.74, 6) is 0.126. The molecule has 0 aliphatic carbocycles. The molecule has 1 N–H and O–H groups in total. The van der Waals surface area contributed by atoms with E-state index in [0.717, 1.165) is 67.4 Å². The number of aryl methyl sites for hydroxylation is 2. The van der Waals surface area contributed by atoms with Gasteiger partial charge in [0.05, 0.1) is 56.5 Å². The van der Waals surface area contributed by atoms with Gasteiger partial charge in [-0.2, -0.15) is 0 Å². The number of methoxy groups -OCH3 is 1. The van der Waals surface area contributed by atoms with Crippen molar-refractivity contribution in [2.24, 2.45) is 0 Å². The minimum atomic E-state index is -1.50. The Morgan fingerprint density at radius 2 is 1.69 bits per heavy atom. The number of imidazole rings is 1. The third-order valence-corrected chi connectivity index (χ3v) is 10.6. The Labute approximate surface area is 325 Å². The molecule has 1 aliphatic rings. The van der Waals surface area contributed by atoms with Crippen LogP contribution in [0.25, 0.3) is 28.0 Å². The van der Waals surface area contributed by atoms with Gasteiger partial charge in [-0.05, 0) is 101 Å². The zero-order valence-corrected chi connectivity index (χ0v) is 34.0. The number of carbonyl (C=O) groups excluding carboxylic acids is 1. The van der Waals surface area contributed by atoms with E-state index in [1.165, 1.54) is 13.2 Å². The molecule has 0 radical (unpaired) electrons. The lowest BCUT2D eigenvalue weighted by atomic mass is 9.92. The standard InChI is InChI=1S/C44H60FN3O7/c1-9-11-20-53-30(4)28-52-22-23-55-44(7)16-18-47(19-17-44)42-38(40(49)43(50)51-8)31(5)32(6)41-46-36(27-48(41)42)33-14-13-15-34(26-33)39-35(45)24-29(3)25-37(39)54-21-12-10-2/h13-15,24-27,30,40,49H,9-12,16-23,28H2,1-8H3/t30-,40+/m1/s1. The van der Waals surface area contributed by atoms with E-state index in [0.29, 0.717) is 79.1 Å². The number of carbonyl (C=O) groups is 1. The quantitative estimate of drug-likeness (QED) is 0.0743. The maximum atomic E-state index is 15.6. The monoisotopic (exact) mass is 761 g/mol. The second-order valence-corrected chi connectivity index (χ2v) is 15.0. The third kappa shape index (κ3) is 10.0. The highest BCUT2D eigenvalue weighted by molar-refractivity contribution is 5.82. The molecule has 0 saturated carbocycles. The van der Waals surface area contributed by atoms with Gasteiger partial charge in [0, 0.05) is 37.0 Å². The topological polar surface area (TPSA) is 104 Å². The largest absolute Gasteiger partial charge is 0.493 e. The third-order valence-electron chi connectivity index (χ3n) is 10.6. The zero-order valence-electron chi connectivity index (χ0n) is 34.0. The average Bonchev–Trinajstić information content (AvgIpc) is 3.62. The van der Waals surface area contributed by atoms with Gasteiger partial charge in [0.15, 0.2) is 6.10 Å². The first kappa shape index (κ1) is 42.1. The molecule has 1 aliphatic heterocycles. The van der Waals surface area contributed by atoms with Gasteiger partial charge in [-0.15, -0.1) is 0 Å². The molecule has 5 rings (SSSR count). The molecule has 2 aromatic heterocycles. The van der Waals surface area contributed by atoms with Gasteiger partial charge < -0.3 is 33.7 Å². The fraction of sp³-hybridized carbons (Fsp3) is 0.545. The van der Waals surface area contributed by atoms with Gasteiger partial charge >= 0.3 is 5.97 Å². The predicted molar refractivity (Wildman–Crippen MR) is 215 cm³/mol. The van der Waals surface area contributed by atoms with Crippen molar-refractivity contribution in [3.63, 3.8) is 0 Å². The fourth-order valence-corrected chi connectivity index (χ4v) is 7.17. The SMILES string of the molecule is CCCCOc1cc(C)cc(F)c1-c1cccc(-c2cn3c(N4CCC(C)(OCCOC[C@@H](C)OCCCC)CC4)c([C@H](O)C(=O)OC)c(C)c(C)c3n2)c1. The summed E-state index contributed by atoms with van der Waals surface area (Å²) in [7, 11) is 1.28. The van der Waals surface area contributed by atoms with Crippen molar-refractivity contribution in [2.75, 3.05) is 58.1 Å². The van der Waals surface area contributed by atoms with Crippen molar-refractivity contribution in [3.05, 3.63) is 70.7 Å². The molecule has 3 heterocycles. The number of hydrogen-bond donors (Lipinski definition) is 1. The number of ether oxygens (including phenoxy) is 5. The van der Waals surface area contributed by atoms with Gasteiger partial charge in [0.25, 0.3) is 0 Å². The molecule has 300 valence electrons. The van der Waals surface area contributed by atoms with E-state index >= 15 is 4.39 Å². The van der Waals surface area contributed by atoms with Crippen LogP contribution < -0.4 is 9.64 Å². The number of aliphatic hydroxyl groups excluding tert-OH is 1. The lowest BCUT2D eigenvalue weighted by molar-refractivity contribution is -0.150. The zero-order chi connectivity index (χ0) is 39.7. The number of piperidine rings is 1. The molecular weight excluding hydrogens is 701 g/mol. The maximum absolute atomic E-state index is 15.6. The second-order valence-electron chi connectivity index (χ2n) is 15.0. The Morgan fingerprint density at radius 1 is 0.982 bits per heavy atom. The minimum absolute atomic E-state index is 0.0429. The number of benzene rings is 2. The number of fused-ring (bicyclic) bond motifs is 1. The van der Waals surface area contributed by atoms with Crippen LogP contribution in [-0.2, 0) is 23.7 Å². The normalized spacial score (nSPS) is 15.3. The first-order chi connectivity index (χ1) is 26.4. The number of aliphatic hydroxyl groups is 1. The van der Waals surface area contributed by atoms with E-state index in [1.54, 1.807) is 0 Å². The van der Waals surface area contributed by atoms with E-state index in [9.17, 15) is 9.90 Å². The van der Waals surface area contributed by atoms with Gasteiger partial charge in [-0.1, -0.05) is 44.9 Å². The van der Waals surface area contributed by atoms with Crippen molar-refractivity contribution in [1.29, 1.82) is 0 Å². The van der Waals surface area contributed by atoms with Gasteiger partial charge in [-0.25, -0.2) is 14.2 Å². The molecule has 1 saturated heterocycles. The summed E-state index contributed by atoms with van der Waals surface area (Å²) in [6.45, 7) is 18.1. The molecule has 0 spiro atoms. The van der Waals surface area contributed by atoms with Crippen molar-refractivity contribution in [3.8, 4) is 28.1 Å². The Morgan fingerprint density at radius 3 is 2.40 bits per heavy atom. The van der Waals surface area contributed by atoms with Crippen LogP contribution >= 0.6 is 0 Å². The summed E-state index contributed by atoms with van der Waals surface area (Å²) in [4.78, 5) is 20.2. The van der Waals surface area contributed by atoms with E-state index < -0.39 is 12.1 Å². The van der Waals surface area contributed by atoms with Crippen LogP contribution in [0.5, 0.6) is 5.75 Å². The van der Waals surface area contributed by atoms with Crippen molar-refractivity contribution >= 4 is 17.4 Å². The van der Waals surface area contributed by atoms with Gasteiger partial charge in [-0.3, -0.25) is 4.40 Å². The first-order valence-corrected chi connectivity index (χ1v) is 19.8. The number of hydrogen-bond acceptors (Lipinski definition) is 9. The molecule has 0 unspecified atom stereocenters. The van der Waals surface area contributed by atoms with E-state index in [4.69, 9.17) is 28.7 Å². The van der Waals surface area contributed by atoms with Crippen molar-refractivity contribution < 1.29 is 38.0 Å². The number of pyridine rings is 1. The summed E-state index contributed by atoms with van der Waals surface area (Å²) < 4.78 is 46.7. The van der Waals surface area contributed by atoms with Crippen LogP contribution in [0.2, 0.25) is 0 Å². The molecule has 10 nitrogen and oxygen atoms in total. The maximum Gasteiger partial charge on any atom is 0.339 e. The summed E-state index contributed by atoms with van der Waals surface area (Å²) in [5, 5.41) is 11.4. The van der Waals surface area contributed by atoms with Crippen molar-refractivity contribution in [2.45, 2.75) is 105 Å². The van der Waals surface area contributed by atoms with E-state index in [-0.39, 0.29) is 17.5 Å².